The molecule has 106 valence electrons. The first kappa shape index (κ1) is 14.3. The Morgan fingerprint density at radius 1 is 1.25 bits per heavy atom. The van der Waals surface area contributed by atoms with Crippen LogP contribution in [-0.2, 0) is 27.6 Å². The van der Waals surface area contributed by atoms with E-state index in [1.807, 2.05) is 0 Å². The molecule has 0 aliphatic heterocycles. The largest absolute Gasteiger partial charge is 0.481 e. The van der Waals surface area contributed by atoms with Crippen LogP contribution in [-0.4, -0.2) is 34.8 Å². The highest BCUT2D eigenvalue weighted by atomic mass is 32.2. The van der Waals surface area contributed by atoms with E-state index in [1.54, 1.807) is 23.3 Å². The van der Waals surface area contributed by atoms with Gasteiger partial charge in [-0.05, 0) is 17.7 Å². The van der Waals surface area contributed by atoms with Crippen molar-refractivity contribution in [1.82, 2.24) is 9.55 Å². The Labute approximate surface area is 116 Å². The van der Waals surface area contributed by atoms with Crippen LogP contribution in [0.3, 0.4) is 0 Å². The lowest BCUT2D eigenvalue weighted by atomic mass is 10.2. The number of aromatic nitrogens is 2. The highest BCUT2D eigenvalue weighted by molar-refractivity contribution is 7.91. The molecule has 1 N–H and O–H groups in total. The number of imidazole rings is 1. The van der Waals surface area contributed by atoms with E-state index in [0.29, 0.717) is 12.1 Å². The molecule has 0 spiro atoms. The van der Waals surface area contributed by atoms with E-state index in [-0.39, 0.29) is 17.1 Å². The van der Waals surface area contributed by atoms with Gasteiger partial charge in [0, 0.05) is 18.9 Å². The van der Waals surface area contributed by atoms with Crippen LogP contribution in [0.4, 0.5) is 0 Å². The first-order valence-corrected chi connectivity index (χ1v) is 7.62. The fourth-order valence-corrected chi connectivity index (χ4v) is 2.99. The van der Waals surface area contributed by atoms with Crippen molar-refractivity contribution >= 4 is 15.8 Å². The van der Waals surface area contributed by atoms with Gasteiger partial charge in [0.15, 0.2) is 9.84 Å². The predicted molar refractivity (Wildman–Crippen MR) is 72.1 cm³/mol. The predicted octanol–water partition coefficient (Wildman–Crippen LogP) is 0.984. The van der Waals surface area contributed by atoms with Crippen molar-refractivity contribution in [2.75, 3.05) is 5.75 Å². The number of carboxylic acids is 1. The zero-order chi connectivity index (χ0) is 14.6. The molecule has 20 heavy (non-hydrogen) atoms. The summed E-state index contributed by atoms with van der Waals surface area (Å²) in [6.07, 6.45) is 4.74. The Balaban J connectivity index is 2.07. The number of carbonyl (C=O) groups is 1. The second-order valence-corrected chi connectivity index (χ2v) is 6.44. The molecule has 1 aromatic carbocycles. The molecule has 0 aliphatic carbocycles. The number of sulfone groups is 1. The molecule has 0 aliphatic rings. The molecule has 0 radical (unpaired) electrons. The minimum absolute atomic E-state index is 0.0262. The van der Waals surface area contributed by atoms with E-state index < -0.39 is 15.8 Å². The molecule has 2 aromatic rings. The molecule has 2 rings (SSSR count). The molecule has 0 amide bonds. The van der Waals surface area contributed by atoms with Crippen molar-refractivity contribution in [2.45, 2.75) is 17.9 Å². The van der Waals surface area contributed by atoms with Crippen LogP contribution in [0.5, 0.6) is 0 Å². The van der Waals surface area contributed by atoms with Gasteiger partial charge in [-0.2, -0.15) is 0 Å². The molecule has 0 unspecified atom stereocenters. The molecule has 6 nitrogen and oxygen atoms in total. The zero-order valence-electron chi connectivity index (χ0n) is 10.6. The number of nitrogens with zero attached hydrogens (tertiary/aromatic N) is 2. The van der Waals surface area contributed by atoms with E-state index in [1.165, 1.54) is 24.3 Å². The summed E-state index contributed by atoms with van der Waals surface area (Å²) in [5.74, 6) is -0.970. The Morgan fingerprint density at radius 3 is 2.50 bits per heavy atom. The Morgan fingerprint density at radius 2 is 1.95 bits per heavy atom. The molecular weight excluding hydrogens is 280 g/mol. The van der Waals surface area contributed by atoms with Crippen molar-refractivity contribution in [2.24, 2.45) is 0 Å². The maximum atomic E-state index is 12.1. The van der Waals surface area contributed by atoms with Gasteiger partial charge < -0.3 is 9.67 Å². The van der Waals surface area contributed by atoms with Gasteiger partial charge in [0.2, 0.25) is 0 Å². The van der Waals surface area contributed by atoms with E-state index in [2.05, 4.69) is 4.98 Å². The number of aryl methyl sites for hydroxylation is 1. The van der Waals surface area contributed by atoms with Crippen molar-refractivity contribution < 1.29 is 18.3 Å². The first-order valence-electron chi connectivity index (χ1n) is 5.96. The van der Waals surface area contributed by atoms with Gasteiger partial charge in [0.05, 0.1) is 23.4 Å². The van der Waals surface area contributed by atoms with Gasteiger partial charge in [-0.25, -0.2) is 13.4 Å². The fraction of sp³-hybridized carbons (Fsp3) is 0.231. The third kappa shape index (κ3) is 3.67. The number of rotatable bonds is 6. The van der Waals surface area contributed by atoms with Crippen LogP contribution in [0.1, 0.15) is 5.56 Å². The Kier molecular flexibility index (Phi) is 4.19. The van der Waals surface area contributed by atoms with Gasteiger partial charge in [-0.3, -0.25) is 4.79 Å². The Bertz CT molecular complexity index is 676. The van der Waals surface area contributed by atoms with Crippen molar-refractivity contribution in [1.29, 1.82) is 0 Å². The zero-order valence-corrected chi connectivity index (χ0v) is 11.5. The maximum absolute atomic E-state index is 12.1. The third-order valence-electron chi connectivity index (χ3n) is 2.82. The lowest BCUT2D eigenvalue weighted by molar-refractivity contribution is -0.136. The molecule has 1 aromatic heterocycles. The molecule has 1 heterocycles. The molecule has 7 heteroatoms. The summed E-state index contributed by atoms with van der Waals surface area (Å²) in [6.45, 7) is 0.333. The lowest BCUT2D eigenvalue weighted by Crippen LogP contribution is -2.12. The average Bonchev–Trinajstić information content (AvgIpc) is 2.89. The number of hydrogen-bond acceptors (Lipinski definition) is 4. The lowest BCUT2D eigenvalue weighted by Gasteiger charge is -2.06. The minimum Gasteiger partial charge on any atom is -0.481 e. The molecule has 0 saturated carbocycles. The summed E-state index contributed by atoms with van der Waals surface area (Å²) in [7, 11) is -3.38. The van der Waals surface area contributed by atoms with Gasteiger partial charge in [0.25, 0.3) is 0 Å². The highest BCUT2D eigenvalue weighted by Crippen LogP contribution is 2.13. The van der Waals surface area contributed by atoms with Crippen molar-refractivity contribution in [3.05, 3.63) is 48.5 Å². The normalized spacial score (nSPS) is 11.4. The standard InChI is InChI=1S/C13H14N2O4S/c16-13(17)9-11-1-3-12(4-2-11)20(18,19)8-7-15-6-5-14-10-15/h1-6,10H,7-9H2,(H,16,17). The molecule has 0 fully saturated rings. The topological polar surface area (TPSA) is 89.3 Å². The first-order chi connectivity index (χ1) is 9.47. The minimum atomic E-state index is -3.38. The van der Waals surface area contributed by atoms with Gasteiger partial charge in [0.1, 0.15) is 0 Å². The maximum Gasteiger partial charge on any atom is 0.307 e. The number of carboxylic acid groups (broad SMARTS) is 1. The Hall–Kier alpha value is -2.15. The molecule has 0 bridgehead atoms. The second kappa shape index (κ2) is 5.87. The summed E-state index contributed by atoms with van der Waals surface area (Å²) < 4.78 is 25.9. The molecular formula is C13H14N2O4S. The number of hydrogen-bond donors (Lipinski definition) is 1. The van der Waals surface area contributed by atoms with Crippen LogP contribution in [0.25, 0.3) is 0 Å². The summed E-state index contributed by atoms with van der Waals surface area (Å²) in [6, 6.07) is 5.94. The second-order valence-electron chi connectivity index (χ2n) is 4.33. The summed E-state index contributed by atoms with van der Waals surface area (Å²) in [5, 5.41) is 8.66. The van der Waals surface area contributed by atoms with Gasteiger partial charge in [-0.15, -0.1) is 0 Å². The number of aliphatic carboxylic acids is 1. The average molecular weight is 294 g/mol. The summed E-state index contributed by atoms with van der Waals surface area (Å²) in [5.41, 5.74) is 0.575. The molecule has 0 saturated heterocycles. The van der Waals surface area contributed by atoms with Crippen molar-refractivity contribution in [3.63, 3.8) is 0 Å². The van der Waals surface area contributed by atoms with Crippen LogP contribution in [0.2, 0.25) is 0 Å². The van der Waals surface area contributed by atoms with Crippen LogP contribution < -0.4 is 0 Å². The summed E-state index contributed by atoms with van der Waals surface area (Å²) >= 11 is 0. The van der Waals surface area contributed by atoms with Gasteiger partial charge >= 0.3 is 5.97 Å². The van der Waals surface area contributed by atoms with Crippen LogP contribution in [0.15, 0.2) is 47.9 Å². The quantitative estimate of drug-likeness (QED) is 0.858. The van der Waals surface area contributed by atoms with Crippen molar-refractivity contribution in [3.8, 4) is 0 Å². The molecule has 0 atom stereocenters. The monoisotopic (exact) mass is 294 g/mol. The van der Waals surface area contributed by atoms with E-state index >= 15 is 0 Å². The van der Waals surface area contributed by atoms with Gasteiger partial charge in [-0.1, -0.05) is 12.1 Å². The number of benzene rings is 1. The SMILES string of the molecule is O=C(O)Cc1ccc(S(=O)(=O)CCn2ccnc2)cc1. The van der Waals surface area contributed by atoms with E-state index in [0.717, 1.165) is 0 Å². The van der Waals surface area contributed by atoms with Crippen LogP contribution in [0, 0.1) is 0 Å². The third-order valence-corrected chi connectivity index (χ3v) is 4.53. The van der Waals surface area contributed by atoms with E-state index in [9.17, 15) is 13.2 Å². The van der Waals surface area contributed by atoms with Crippen LogP contribution >= 0.6 is 0 Å². The fourth-order valence-electron chi connectivity index (χ4n) is 1.75. The summed E-state index contributed by atoms with van der Waals surface area (Å²) in [4.78, 5) is 14.6. The van der Waals surface area contributed by atoms with E-state index in [4.69, 9.17) is 5.11 Å². The smallest absolute Gasteiger partial charge is 0.307 e. The highest BCUT2D eigenvalue weighted by Gasteiger charge is 2.14.